The summed E-state index contributed by atoms with van der Waals surface area (Å²) in [6.45, 7) is 5.60. The second-order valence-electron chi connectivity index (χ2n) is 6.24. The Morgan fingerprint density at radius 1 is 1.15 bits per heavy atom. The van der Waals surface area contributed by atoms with Gasteiger partial charge in [0.15, 0.2) is 5.82 Å². The molecule has 0 bridgehead atoms. The van der Waals surface area contributed by atoms with E-state index in [2.05, 4.69) is 20.4 Å². The summed E-state index contributed by atoms with van der Waals surface area (Å²) in [7, 11) is 0. The molecule has 2 heterocycles. The molecular formula is C19H19F2N5O. The summed E-state index contributed by atoms with van der Waals surface area (Å²) < 4.78 is 28.5. The highest BCUT2D eigenvalue weighted by atomic mass is 19.1. The Bertz CT molecular complexity index is 983. The molecule has 0 saturated heterocycles. The van der Waals surface area contributed by atoms with Crippen LogP contribution >= 0.6 is 0 Å². The standard InChI is InChI=1S/C19H19F2N5O/c1-11-9-23-17(24-10-11)6-7-22-19(27)18-12(2)25-26(13(18)3)16-5-4-14(20)8-15(16)21/h4-5,8-10H,6-7H2,1-3H3,(H,22,27). The maximum Gasteiger partial charge on any atom is 0.255 e. The Kier molecular flexibility index (Phi) is 5.25. The molecule has 0 aliphatic heterocycles. The van der Waals surface area contributed by atoms with E-state index in [-0.39, 0.29) is 11.6 Å². The fraction of sp³-hybridized carbons (Fsp3) is 0.263. The summed E-state index contributed by atoms with van der Waals surface area (Å²) in [6, 6.07) is 3.23. The van der Waals surface area contributed by atoms with Gasteiger partial charge in [0.25, 0.3) is 5.91 Å². The first kappa shape index (κ1) is 18.6. The molecule has 27 heavy (non-hydrogen) atoms. The van der Waals surface area contributed by atoms with E-state index < -0.39 is 11.6 Å². The lowest BCUT2D eigenvalue weighted by Crippen LogP contribution is -2.27. The predicted molar refractivity (Wildman–Crippen MR) is 95.8 cm³/mol. The number of nitrogens with zero attached hydrogens (tertiary/aromatic N) is 4. The fourth-order valence-corrected chi connectivity index (χ4v) is 2.78. The Hall–Kier alpha value is -3.16. The summed E-state index contributed by atoms with van der Waals surface area (Å²) in [6.07, 6.45) is 3.93. The van der Waals surface area contributed by atoms with E-state index >= 15 is 0 Å². The minimum absolute atomic E-state index is 0.0871. The van der Waals surface area contributed by atoms with E-state index in [0.29, 0.717) is 35.7 Å². The number of hydrogen-bond donors (Lipinski definition) is 1. The number of aryl methyl sites for hydroxylation is 2. The third kappa shape index (κ3) is 3.99. The molecule has 8 heteroatoms. The molecule has 0 atom stereocenters. The average Bonchev–Trinajstić information content (AvgIpc) is 2.91. The molecule has 6 nitrogen and oxygen atoms in total. The van der Waals surface area contributed by atoms with Gasteiger partial charge in [-0.25, -0.2) is 23.4 Å². The lowest BCUT2D eigenvalue weighted by Gasteiger charge is -2.07. The van der Waals surface area contributed by atoms with Crippen LogP contribution in [0.25, 0.3) is 5.69 Å². The summed E-state index contributed by atoms with van der Waals surface area (Å²) in [5.41, 5.74) is 2.35. The van der Waals surface area contributed by atoms with Crippen molar-refractivity contribution in [1.29, 1.82) is 0 Å². The molecule has 1 amide bonds. The molecule has 140 valence electrons. The van der Waals surface area contributed by atoms with E-state index in [4.69, 9.17) is 0 Å². The number of rotatable bonds is 5. The molecular weight excluding hydrogens is 352 g/mol. The lowest BCUT2D eigenvalue weighted by molar-refractivity contribution is 0.0952. The largest absolute Gasteiger partial charge is 0.351 e. The van der Waals surface area contributed by atoms with Crippen LogP contribution in [0.1, 0.15) is 33.1 Å². The molecule has 0 radical (unpaired) electrons. The van der Waals surface area contributed by atoms with Gasteiger partial charge in [-0.2, -0.15) is 5.10 Å². The second-order valence-corrected chi connectivity index (χ2v) is 6.24. The zero-order valence-corrected chi connectivity index (χ0v) is 15.3. The molecule has 3 rings (SSSR count). The maximum absolute atomic E-state index is 14.1. The van der Waals surface area contributed by atoms with E-state index in [9.17, 15) is 13.6 Å². The van der Waals surface area contributed by atoms with Crippen LogP contribution in [-0.4, -0.2) is 32.2 Å². The van der Waals surface area contributed by atoms with Gasteiger partial charge in [0.1, 0.15) is 17.3 Å². The van der Waals surface area contributed by atoms with Crippen LogP contribution in [0.4, 0.5) is 8.78 Å². The van der Waals surface area contributed by atoms with Gasteiger partial charge in [-0.1, -0.05) is 0 Å². The Balaban J connectivity index is 1.75. The molecule has 0 unspecified atom stereocenters. The molecule has 0 aliphatic rings. The Morgan fingerprint density at radius 3 is 2.52 bits per heavy atom. The van der Waals surface area contributed by atoms with E-state index in [0.717, 1.165) is 17.7 Å². The van der Waals surface area contributed by atoms with Gasteiger partial charge >= 0.3 is 0 Å². The van der Waals surface area contributed by atoms with E-state index in [1.165, 1.54) is 10.7 Å². The zero-order valence-electron chi connectivity index (χ0n) is 15.3. The normalized spacial score (nSPS) is 10.9. The zero-order chi connectivity index (χ0) is 19.6. The van der Waals surface area contributed by atoms with Crippen molar-refractivity contribution in [2.75, 3.05) is 6.54 Å². The molecule has 2 aromatic heterocycles. The van der Waals surface area contributed by atoms with Crippen LogP contribution in [0.15, 0.2) is 30.6 Å². The van der Waals surface area contributed by atoms with Crippen molar-refractivity contribution in [2.45, 2.75) is 27.2 Å². The molecule has 3 aromatic rings. The van der Waals surface area contributed by atoms with Crippen molar-refractivity contribution in [1.82, 2.24) is 25.1 Å². The smallest absolute Gasteiger partial charge is 0.255 e. The van der Waals surface area contributed by atoms with Crippen molar-refractivity contribution in [2.24, 2.45) is 0 Å². The quantitative estimate of drug-likeness (QED) is 0.749. The van der Waals surface area contributed by atoms with E-state index in [1.54, 1.807) is 26.2 Å². The minimum Gasteiger partial charge on any atom is -0.351 e. The van der Waals surface area contributed by atoms with Gasteiger partial charge in [-0.3, -0.25) is 4.79 Å². The molecule has 0 spiro atoms. The molecule has 0 fully saturated rings. The highest BCUT2D eigenvalue weighted by Gasteiger charge is 2.20. The van der Waals surface area contributed by atoms with Gasteiger partial charge in [-0.05, 0) is 38.5 Å². The predicted octanol–water partition coefficient (Wildman–Crippen LogP) is 2.84. The minimum atomic E-state index is -0.746. The van der Waals surface area contributed by atoms with Crippen molar-refractivity contribution >= 4 is 5.91 Å². The summed E-state index contributed by atoms with van der Waals surface area (Å²) >= 11 is 0. The molecule has 1 N–H and O–H groups in total. The number of benzene rings is 1. The first-order valence-corrected chi connectivity index (χ1v) is 8.44. The summed E-state index contributed by atoms with van der Waals surface area (Å²) in [4.78, 5) is 20.9. The monoisotopic (exact) mass is 371 g/mol. The molecule has 0 aliphatic carbocycles. The van der Waals surface area contributed by atoms with Gasteiger partial charge in [0.2, 0.25) is 0 Å². The van der Waals surface area contributed by atoms with Crippen LogP contribution in [0.2, 0.25) is 0 Å². The van der Waals surface area contributed by atoms with Crippen molar-refractivity contribution in [3.63, 3.8) is 0 Å². The highest BCUT2D eigenvalue weighted by molar-refractivity contribution is 5.96. The van der Waals surface area contributed by atoms with Crippen LogP contribution in [0.3, 0.4) is 0 Å². The first-order valence-electron chi connectivity index (χ1n) is 8.44. The van der Waals surface area contributed by atoms with Crippen LogP contribution in [-0.2, 0) is 6.42 Å². The van der Waals surface area contributed by atoms with Crippen molar-refractivity contribution in [3.8, 4) is 5.69 Å². The third-order valence-electron chi connectivity index (χ3n) is 4.12. The maximum atomic E-state index is 14.1. The first-order chi connectivity index (χ1) is 12.9. The molecule has 0 saturated carbocycles. The van der Waals surface area contributed by atoms with Crippen molar-refractivity contribution in [3.05, 3.63) is 70.6 Å². The Morgan fingerprint density at radius 2 is 1.85 bits per heavy atom. The number of carbonyl (C=O) groups is 1. The van der Waals surface area contributed by atoms with Crippen LogP contribution in [0.5, 0.6) is 0 Å². The number of nitrogens with one attached hydrogen (secondary N) is 1. The fourth-order valence-electron chi connectivity index (χ4n) is 2.78. The van der Waals surface area contributed by atoms with Gasteiger partial charge in [0, 0.05) is 31.4 Å². The number of hydrogen-bond acceptors (Lipinski definition) is 4. The Labute approximate surface area is 155 Å². The SMILES string of the molecule is Cc1cnc(CCNC(=O)c2c(C)nn(-c3ccc(F)cc3F)c2C)nc1. The second kappa shape index (κ2) is 7.61. The molecule has 1 aromatic carbocycles. The summed E-state index contributed by atoms with van der Waals surface area (Å²) in [5, 5.41) is 7.04. The van der Waals surface area contributed by atoms with Crippen LogP contribution in [0, 0.1) is 32.4 Å². The van der Waals surface area contributed by atoms with Gasteiger partial charge in [0.05, 0.1) is 17.0 Å². The lowest BCUT2D eigenvalue weighted by atomic mass is 10.2. The summed E-state index contributed by atoms with van der Waals surface area (Å²) in [5.74, 6) is -1.09. The number of halogens is 2. The topological polar surface area (TPSA) is 72.7 Å². The third-order valence-corrected chi connectivity index (χ3v) is 4.12. The van der Waals surface area contributed by atoms with E-state index in [1.807, 2.05) is 6.92 Å². The van der Waals surface area contributed by atoms with Gasteiger partial charge < -0.3 is 5.32 Å². The number of carbonyl (C=O) groups excluding carboxylic acids is 1. The number of aromatic nitrogens is 4. The van der Waals surface area contributed by atoms with Crippen LogP contribution < -0.4 is 5.32 Å². The van der Waals surface area contributed by atoms with Gasteiger partial charge in [-0.15, -0.1) is 0 Å². The number of amides is 1. The highest BCUT2D eigenvalue weighted by Crippen LogP contribution is 2.20. The average molecular weight is 371 g/mol. The van der Waals surface area contributed by atoms with Crippen molar-refractivity contribution < 1.29 is 13.6 Å².